The van der Waals surface area contributed by atoms with Crippen molar-refractivity contribution in [2.45, 2.75) is 26.6 Å². The largest absolute Gasteiger partial charge is 0.489 e. The Morgan fingerprint density at radius 3 is 2.65 bits per heavy atom. The number of aliphatic hydroxyl groups is 1. The minimum absolute atomic E-state index is 0.418. The summed E-state index contributed by atoms with van der Waals surface area (Å²) < 4.78 is 5.80. The van der Waals surface area contributed by atoms with E-state index in [2.05, 4.69) is 6.07 Å². The number of hydrogen-bond acceptors (Lipinski definition) is 3. The number of nitrogens with zero attached hydrogens (tertiary/aromatic N) is 1. The number of aryl methyl sites for hydroxylation is 1. The van der Waals surface area contributed by atoms with E-state index in [4.69, 9.17) is 10.00 Å². The lowest BCUT2D eigenvalue weighted by molar-refractivity contribution is 0.190. The molecule has 0 bridgehead atoms. The van der Waals surface area contributed by atoms with Crippen molar-refractivity contribution < 1.29 is 9.84 Å². The Morgan fingerprint density at radius 1 is 1.25 bits per heavy atom. The van der Waals surface area contributed by atoms with Crippen LogP contribution in [0.4, 0.5) is 0 Å². The fourth-order valence-electron chi connectivity index (χ4n) is 2.04. The highest BCUT2D eigenvalue weighted by Crippen LogP contribution is 2.25. The highest BCUT2D eigenvalue weighted by Gasteiger charge is 2.09. The van der Waals surface area contributed by atoms with Gasteiger partial charge in [0.2, 0.25) is 0 Å². The quantitative estimate of drug-likeness (QED) is 0.922. The normalized spacial score (nSPS) is 11.7. The molecule has 0 saturated carbocycles. The maximum Gasteiger partial charge on any atom is 0.125 e. The molecule has 3 nitrogen and oxygen atoms in total. The molecule has 102 valence electrons. The first-order valence-corrected chi connectivity index (χ1v) is 6.51. The summed E-state index contributed by atoms with van der Waals surface area (Å²) >= 11 is 0. The van der Waals surface area contributed by atoms with E-state index >= 15 is 0 Å². The molecule has 1 atom stereocenters. The first-order chi connectivity index (χ1) is 9.61. The molecule has 1 unspecified atom stereocenters. The topological polar surface area (TPSA) is 53.2 Å². The van der Waals surface area contributed by atoms with Crippen LogP contribution in [-0.4, -0.2) is 5.11 Å². The minimum atomic E-state index is -0.562. The molecule has 0 aliphatic heterocycles. The lowest BCUT2D eigenvalue weighted by Crippen LogP contribution is -2.02. The molecule has 0 radical (unpaired) electrons. The first kappa shape index (κ1) is 14.1. The fourth-order valence-corrected chi connectivity index (χ4v) is 2.04. The summed E-state index contributed by atoms with van der Waals surface area (Å²) in [5.41, 5.74) is 3.48. The summed E-state index contributed by atoms with van der Waals surface area (Å²) in [6, 6.07) is 15.1. The number of hydrogen-bond donors (Lipinski definition) is 1. The Labute approximate surface area is 119 Å². The van der Waals surface area contributed by atoms with Crippen molar-refractivity contribution in [2.75, 3.05) is 0 Å². The number of ether oxygens (including phenoxy) is 1. The third-order valence-electron chi connectivity index (χ3n) is 3.22. The van der Waals surface area contributed by atoms with Gasteiger partial charge < -0.3 is 9.84 Å². The van der Waals surface area contributed by atoms with Gasteiger partial charge >= 0.3 is 0 Å². The molecule has 0 fully saturated rings. The lowest BCUT2D eigenvalue weighted by Gasteiger charge is -2.14. The zero-order valence-electron chi connectivity index (χ0n) is 11.6. The van der Waals surface area contributed by atoms with E-state index in [1.54, 1.807) is 13.0 Å². The van der Waals surface area contributed by atoms with Gasteiger partial charge in [0.1, 0.15) is 12.4 Å². The van der Waals surface area contributed by atoms with Crippen LogP contribution in [0.2, 0.25) is 0 Å². The average Bonchev–Trinajstić information content (AvgIpc) is 2.46. The summed E-state index contributed by atoms with van der Waals surface area (Å²) in [5.74, 6) is 0.686. The Bertz CT molecular complexity index is 642. The van der Waals surface area contributed by atoms with Gasteiger partial charge in [-0.3, -0.25) is 0 Å². The van der Waals surface area contributed by atoms with Crippen molar-refractivity contribution in [3.8, 4) is 11.8 Å². The van der Waals surface area contributed by atoms with E-state index in [-0.39, 0.29) is 0 Å². The van der Waals surface area contributed by atoms with Gasteiger partial charge in [-0.15, -0.1) is 0 Å². The number of rotatable bonds is 4. The van der Waals surface area contributed by atoms with Crippen LogP contribution in [0, 0.1) is 18.3 Å². The van der Waals surface area contributed by atoms with Gasteiger partial charge in [0.15, 0.2) is 0 Å². The smallest absolute Gasteiger partial charge is 0.125 e. The van der Waals surface area contributed by atoms with Gasteiger partial charge in [-0.25, -0.2) is 0 Å². The van der Waals surface area contributed by atoms with Gasteiger partial charge in [0.05, 0.1) is 17.7 Å². The molecular formula is C17H17NO2. The van der Waals surface area contributed by atoms with Crippen molar-refractivity contribution in [1.82, 2.24) is 0 Å². The summed E-state index contributed by atoms with van der Waals surface area (Å²) in [6.45, 7) is 4.09. The Hall–Kier alpha value is -2.31. The molecular weight excluding hydrogens is 250 g/mol. The van der Waals surface area contributed by atoms with Crippen LogP contribution in [0.3, 0.4) is 0 Å². The molecule has 0 aliphatic rings. The monoisotopic (exact) mass is 267 g/mol. The molecule has 2 rings (SSSR count). The molecule has 20 heavy (non-hydrogen) atoms. The third kappa shape index (κ3) is 3.17. The second kappa shape index (κ2) is 6.23. The van der Waals surface area contributed by atoms with Crippen LogP contribution in [0.5, 0.6) is 5.75 Å². The number of para-hydroxylation sites is 1. The SMILES string of the molecule is Cc1cc(C#N)ccc1COc1ccccc1C(C)O. The van der Waals surface area contributed by atoms with Gasteiger partial charge in [-0.2, -0.15) is 5.26 Å². The number of benzene rings is 2. The Balaban J connectivity index is 2.15. The summed E-state index contributed by atoms with van der Waals surface area (Å²) in [7, 11) is 0. The van der Waals surface area contributed by atoms with E-state index in [1.807, 2.05) is 43.3 Å². The van der Waals surface area contributed by atoms with E-state index in [0.717, 1.165) is 16.7 Å². The second-order valence-electron chi connectivity index (χ2n) is 4.76. The molecule has 0 amide bonds. The molecule has 3 heteroatoms. The van der Waals surface area contributed by atoms with Crippen molar-refractivity contribution >= 4 is 0 Å². The first-order valence-electron chi connectivity index (χ1n) is 6.51. The standard InChI is InChI=1S/C17H17NO2/c1-12-9-14(10-18)7-8-15(12)11-20-17-6-4-3-5-16(17)13(2)19/h3-9,13,19H,11H2,1-2H3. The summed E-state index contributed by atoms with van der Waals surface area (Å²) in [6.07, 6.45) is -0.562. The number of aliphatic hydroxyl groups excluding tert-OH is 1. The van der Waals surface area contributed by atoms with Crippen molar-refractivity contribution in [3.63, 3.8) is 0 Å². The highest BCUT2D eigenvalue weighted by molar-refractivity contribution is 5.38. The lowest BCUT2D eigenvalue weighted by atomic mass is 10.1. The van der Waals surface area contributed by atoms with Gasteiger partial charge in [-0.05, 0) is 43.2 Å². The third-order valence-corrected chi connectivity index (χ3v) is 3.22. The zero-order chi connectivity index (χ0) is 14.5. The predicted molar refractivity (Wildman–Crippen MR) is 77.3 cm³/mol. The maximum absolute atomic E-state index is 9.71. The van der Waals surface area contributed by atoms with Crippen LogP contribution in [0.15, 0.2) is 42.5 Å². The molecule has 0 heterocycles. The second-order valence-corrected chi connectivity index (χ2v) is 4.76. The fraction of sp³-hybridized carbons (Fsp3) is 0.235. The van der Waals surface area contributed by atoms with Gasteiger partial charge in [-0.1, -0.05) is 24.3 Å². The molecule has 2 aromatic rings. The minimum Gasteiger partial charge on any atom is -0.489 e. The molecule has 0 aliphatic carbocycles. The number of nitriles is 1. The molecule has 2 aromatic carbocycles. The average molecular weight is 267 g/mol. The van der Waals surface area contributed by atoms with Crippen molar-refractivity contribution in [2.24, 2.45) is 0 Å². The Morgan fingerprint density at radius 2 is 2.00 bits per heavy atom. The van der Waals surface area contributed by atoms with Crippen LogP contribution < -0.4 is 4.74 Å². The van der Waals surface area contributed by atoms with Gasteiger partial charge in [0, 0.05) is 5.56 Å². The van der Waals surface area contributed by atoms with E-state index < -0.39 is 6.10 Å². The van der Waals surface area contributed by atoms with Crippen LogP contribution >= 0.6 is 0 Å². The van der Waals surface area contributed by atoms with Crippen LogP contribution in [-0.2, 0) is 6.61 Å². The van der Waals surface area contributed by atoms with Crippen LogP contribution in [0.25, 0.3) is 0 Å². The maximum atomic E-state index is 9.71. The zero-order valence-corrected chi connectivity index (χ0v) is 11.6. The molecule has 0 saturated heterocycles. The van der Waals surface area contributed by atoms with Crippen molar-refractivity contribution in [3.05, 3.63) is 64.7 Å². The van der Waals surface area contributed by atoms with E-state index in [9.17, 15) is 5.11 Å². The predicted octanol–water partition coefficient (Wildman–Crippen LogP) is 3.50. The molecule has 0 spiro atoms. The summed E-state index contributed by atoms with van der Waals surface area (Å²) in [5, 5.41) is 18.6. The Kier molecular flexibility index (Phi) is 4.39. The van der Waals surface area contributed by atoms with Crippen LogP contribution in [0.1, 0.15) is 35.3 Å². The molecule has 0 aromatic heterocycles. The van der Waals surface area contributed by atoms with E-state index in [1.165, 1.54) is 0 Å². The highest BCUT2D eigenvalue weighted by atomic mass is 16.5. The summed E-state index contributed by atoms with van der Waals surface area (Å²) in [4.78, 5) is 0. The van der Waals surface area contributed by atoms with Crippen molar-refractivity contribution in [1.29, 1.82) is 5.26 Å². The van der Waals surface area contributed by atoms with Gasteiger partial charge in [0.25, 0.3) is 0 Å². The molecule has 1 N–H and O–H groups in total. The van der Waals surface area contributed by atoms with E-state index in [0.29, 0.717) is 17.9 Å².